The molecule has 0 aromatic heterocycles. The second kappa shape index (κ2) is 67.9. The van der Waals surface area contributed by atoms with E-state index in [0.717, 1.165) is 89.9 Å². The largest absolute Gasteiger partial charge is 0.462 e. The minimum absolute atomic E-state index is 0.0744. The summed E-state index contributed by atoms with van der Waals surface area (Å²) in [5.41, 5.74) is 0. The van der Waals surface area contributed by atoms with E-state index in [4.69, 9.17) is 14.2 Å². The quantitative estimate of drug-likeness (QED) is 0.0261. The Balaban J connectivity index is 4.24. The van der Waals surface area contributed by atoms with Crippen molar-refractivity contribution >= 4 is 17.9 Å². The number of carbonyl (C=O) groups excluding carboxylic acids is 3. The molecule has 0 aliphatic carbocycles. The first kappa shape index (κ1) is 76.4. The van der Waals surface area contributed by atoms with Crippen LogP contribution in [0, 0.1) is 0 Å². The molecular weight excluding hydrogens is 973 g/mol. The van der Waals surface area contributed by atoms with Crippen molar-refractivity contribution in [3.63, 3.8) is 0 Å². The Morgan fingerprint density at radius 1 is 0.253 bits per heavy atom. The summed E-state index contributed by atoms with van der Waals surface area (Å²) in [4.78, 5) is 38.4. The number of hydrogen-bond acceptors (Lipinski definition) is 6. The predicted octanol–water partition coefficient (Wildman–Crippen LogP) is 24.1. The lowest BCUT2D eigenvalue weighted by Crippen LogP contribution is -2.30. The lowest BCUT2D eigenvalue weighted by atomic mass is 10.0. The van der Waals surface area contributed by atoms with Gasteiger partial charge >= 0.3 is 17.9 Å². The molecular formula is C73H134O6. The molecule has 0 spiro atoms. The molecule has 6 nitrogen and oxygen atoms in total. The number of esters is 3. The smallest absolute Gasteiger partial charge is 0.306 e. The van der Waals surface area contributed by atoms with E-state index in [2.05, 4.69) is 69.4 Å². The molecule has 1 unspecified atom stereocenters. The summed E-state index contributed by atoms with van der Waals surface area (Å²) >= 11 is 0. The molecule has 0 fully saturated rings. The SMILES string of the molecule is CCC/C=C\C/C=C\CCCCCCCC(=O)OCC(COC(=O)CCCCCCCCCCCCCCCCCCCCCCCCCCC)OC(=O)CCCCCCCCCCCCC/C=C\C/C=C\CCCCCCC. The van der Waals surface area contributed by atoms with Crippen LogP contribution in [0.4, 0.5) is 0 Å². The Labute approximate surface area is 492 Å². The van der Waals surface area contributed by atoms with Crippen molar-refractivity contribution in [1.82, 2.24) is 0 Å². The molecule has 0 bridgehead atoms. The van der Waals surface area contributed by atoms with Crippen molar-refractivity contribution in [2.24, 2.45) is 0 Å². The van der Waals surface area contributed by atoms with Crippen molar-refractivity contribution in [3.8, 4) is 0 Å². The second-order valence-corrected chi connectivity index (χ2v) is 23.8. The Kier molecular flexibility index (Phi) is 65.6. The lowest BCUT2D eigenvalue weighted by Gasteiger charge is -2.18. The zero-order chi connectivity index (χ0) is 57.1. The molecule has 1 atom stereocenters. The molecule has 0 N–H and O–H groups in total. The first-order chi connectivity index (χ1) is 39.0. The van der Waals surface area contributed by atoms with Gasteiger partial charge in [0.2, 0.25) is 0 Å². The summed E-state index contributed by atoms with van der Waals surface area (Å²) in [7, 11) is 0. The number of unbranched alkanes of at least 4 members (excludes halogenated alkanes) is 46. The number of ether oxygens (including phenoxy) is 3. The van der Waals surface area contributed by atoms with E-state index in [0.29, 0.717) is 19.3 Å². The number of rotatable bonds is 65. The van der Waals surface area contributed by atoms with Crippen molar-refractivity contribution in [3.05, 3.63) is 48.6 Å². The van der Waals surface area contributed by atoms with Gasteiger partial charge in [0.1, 0.15) is 13.2 Å². The van der Waals surface area contributed by atoms with Gasteiger partial charge in [0.05, 0.1) is 0 Å². The predicted molar refractivity (Wildman–Crippen MR) is 344 cm³/mol. The lowest BCUT2D eigenvalue weighted by molar-refractivity contribution is -0.167. The molecule has 0 aromatic rings. The van der Waals surface area contributed by atoms with Gasteiger partial charge in [0, 0.05) is 19.3 Å². The van der Waals surface area contributed by atoms with Crippen LogP contribution in [0.5, 0.6) is 0 Å². The van der Waals surface area contributed by atoms with Crippen LogP contribution >= 0.6 is 0 Å². The van der Waals surface area contributed by atoms with Gasteiger partial charge in [0.15, 0.2) is 6.10 Å². The Morgan fingerprint density at radius 2 is 0.481 bits per heavy atom. The fourth-order valence-corrected chi connectivity index (χ4v) is 10.5. The standard InChI is InChI=1S/C73H134O6/c1-4-7-10-13-16-19-22-25-27-29-31-33-35-36-38-39-41-43-45-48-51-54-57-60-63-66-72(75)78-69-70(68-77-71(74)65-62-59-56-53-50-47-24-21-18-15-12-9-6-3)79-73(76)67-64-61-58-55-52-49-46-44-42-40-37-34-32-30-28-26-23-20-17-14-11-8-5-2/h12,15,21,23-24,26,30,32,70H,4-11,13-14,16-20,22,25,27-29,31,33-69H2,1-3H3/b15-12-,24-21-,26-23-,32-30-. The second-order valence-electron chi connectivity index (χ2n) is 23.8. The Hall–Kier alpha value is -2.63. The van der Waals surface area contributed by atoms with Crippen molar-refractivity contribution in [2.75, 3.05) is 13.2 Å². The van der Waals surface area contributed by atoms with Crippen LogP contribution in [0.1, 0.15) is 380 Å². The van der Waals surface area contributed by atoms with Gasteiger partial charge in [-0.15, -0.1) is 0 Å². The van der Waals surface area contributed by atoms with Gasteiger partial charge in [-0.25, -0.2) is 0 Å². The summed E-state index contributed by atoms with van der Waals surface area (Å²) < 4.78 is 17.0. The van der Waals surface area contributed by atoms with Gasteiger partial charge in [-0.1, -0.05) is 333 Å². The summed E-state index contributed by atoms with van der Waals surface area (Å²) in [6, 6.07) is 0. The highest BCUT2D eigenvalue weighted by molar-refractivity contribution is 5.71. The molecule has 6 heteroatoms. The summed E-state index contributed by atoms with van der Waals surface area (Å²) in [6.07, 6.45) is 85.7. The van der Waals surface area contributed by atoms with Crippen LogP contribution in [-0.2, 0) is 28.6 Å². The average molecular weight is 1110 g/mol. The third-order valence-corrected chi connectivity index (χ3v) is 15.8. The molecule has 0 heterocycles. The fraction of sp³-hybridized carbons (Fsp3) is 0.849. The van der Waals surface area contributed by atoms with Gasteiger partial charge in [-0.05, 0) is 77.0 Å². The summed E-state index contributed by atoms with van der Waals surface area (Å²) in [5.74, 6) is -0.867. The summed E-state index contributed by atoms with van der Waals surface area (Å²) in [6.45, 7) is 6.62. The molecule has 0 rings (SSSR count). The van der Waals surface area contributed by atoms with E-state index in [1.165, 1.54) is 250 Å². The van der Waals surface area contributed by atoms with Gasteiger partial charge in [-0.3, -0.25) is 14.4 Å². The molecule has 0 saturated heterocycles. The molecule has 0 saturated carbocycles. The van der Waals surface area contributed by atoms with Gasteiger partial charge in [0.25, 0.3) is 0 Å². The van der Waals surface area contributed by atoms with E-state index < -0.39 is 6.10 Å². The van der Waals surface area contributed by atoms with Crippen LogP contribution < -0.4 is 0 Å². The highest BCUT2D eigenvalue weighted by Crippen LogP contribution is 2.18. The van der Waals surface area contributed by atoms with E-state index in [9.17, 15) is 14.4 Å². The zero-order valence-corrected chi connectivity index (χ0v) is 53.2. The third kappa shape index (κ3) is 66.1. The molecule has 79 heavy (non-hydrogen) atoms. The maximum absolute atomic E-state index is 12.9. The Bertz CT molecular complexity index is 1360. The molecule has 0 aliphatic rings. The van der Waals surface area contributed by atoms with Gasteiger partial charge in [-0.2, -0.15) is 0 Å². The normalized spacial score (nSPS) is 12.3. The van der Waals surface area contributed by atoms with E-state index >= 15 is 0 Å². The molecule has 462 valence electrons. The zero-order valence-electron chi connectivity index (χ0n) is 53.2. The summed E-state index contributed by atoms with van der Waals surface area (Å²) in [5, 5.41) is 0. The molecule has 0 aliphatic heterocycles. The molecule has 0 radical (unpaired) electrons. The maximum atomic E-state index is 12.9. The van der Waals surface area contributed by atoms with Crippen LogP contribution in [0.2, 0.25) is 0 Å². The number of allylic oxidation sites excluding steroid dienone is 8. The molecule has 0 aromatic carbocycles. The van der Waals surface area contributed by atoms with E-state index in [1.54, 1.807) is 0 Å². The fourth-order valence-electron chi connectivity index (χ4n) is 10.5. The van der Waals surface area contributed by atoms with Crippen LogP contribution in [0.15, 0.2) is 48.6 Å². The highest BCUT2D eigenvalue weighted by Gasteiger charge is 2.19. The number of carbonyl (C=O) groups is 3. The van der Waals surface area contributed by atoms with Crippen molar-refractivity contribution < 1.29 is 28.6 Å². The van der Waals surface area contributed by atoms with Crippen molar-refractivity contribution in [1.29, 1.82) is 0 Å². The van der Waals surface area contributed by atoms with Gasteiger partial charge < -0.3 is 14.2 Å². The van der Waals surface area contributed by atoms with E-state index in [-0.39, 0.29) is 31.1 Å². The van der Waals surface area contributed by atoms with Crippen LogP contribution in [-0.4, -0.2) is 37.2 Å². The monoisotopic (exact) mass is 1110 g/mol. The Morgan fingerprint density at radius 3 is 0.747 bits per heavy atom. The van der Waals surface area contributed by atoms with Crippen LogP contribution in [0.3, 0.4) is 0 Å². The number of hydrogen-bond donors (Lipinski definition) is 0. The van der Waals surface area contributed by atoms with Crippen molar-refractivity contribution in [2.45, 2.75) is 386 Å². The maximum Gasteiger partial charge on any atom is 0.306 e. The van der Waals surface area contributed by atoms with Crippen LogP contribution in [0.25, 0.3) is 0 Å². The minimum Gasteiger partial charge on any atom is -0.462 e. The molecule has 0 amide bonds. The minimum atomic E-state index is -0.780. The topological polar surface area (TPSA) is 78.9 Å². The third-order valence-electron chi connectivity index (χ3n) is 15.8. The average Bonchev–Trinajstić information content (AvgIpc) is 3.45. The highest BCUT2D eigenvalue weighted by atomic mass is 16.6. The van der Waals surface area contributed by atoms with E-state index in [1.807, 2.05) is 0 Å². The first-order valence-corrected chi connectivity index (χ1v) is 35.1. The first-order valence-electron chi connectivity index (χ1n) is 35.1.